The fourth-order valence-corrected chi connectivity index (χ4v) is 10.9. The van der Waals surface area contributed by atoms with Crippen LogP contribution in [-0.2, 0) is 74.5 Å². The van der Waals surface area contributed by atoms with Gasteiger partial charge in [0.1, 0.15) is 84.7 Å². The summed E-state index contributed by atoms with van der Waals surface area (Å²) in [7, 11) is 5.81. The molecule has 0 spiro atoms. The summed E-state index contributed by atoms with van der Waals surface area (Å²) in [6, 6.07) is -4.00. The molecule has 2 aliphatic heterocycles. The predicted molar refractivity (Wildman–Crippen MR) is 337 cm³/mol. The van der Waals surface area contributed by atoms with Gasteiger partial charge in [-0.25, -0.2) is 0 Å². The first-order valence-corrected chi connectivity index (χ1v) is 31.1. The first-order chi connectivity index (χ1) is 45.4. The Morgan fingerprint density at radius 2 is 1.21 bits per heavy atom. The number of nitrogens with two attached hydrogens (primary N) is 4. The molecule has 2 heterocycles. The lowest BCUT2D eigenvalue weighted by molar-refractivity contribution is -0.315. The molecule has 0 unspecified atom stereocenters. The van der Waals surface area contributed by atoms with Crippen LogP contribution in [0.3, 0.4) is 0 Å². The number of aliphatic imine (C=N–C) groups is 1. The van der Waals surface area contributed by atoms with E-state index in [-0.39, 0.29) is 43.4 Å². The van der Waals surface area contributed by atoms with Gasteiger partial charge < -0.3 is 135 Å². The largest absolute Gasteiger partial charge is 0.497 e. The molecule has 38 heteroatoms. The van der Waals surface area contributed by atoms with Crippen molar-refractivity contribution in [3.8, 4) is 23.0 Å². The molecule has 0 saturated carbocycles. The fourth-order valence-electron chi connectivity index (χ4n) is 9.88. The maximum Gasteiger partial charge on any atom is 0.245 e. The molecule has 37 nitrogen and oxygen atoms in total. The van der Waals surface area contributed by atoms with Gasteiger partial charge in [-0.05, 0) is 56.9 Å². The highest BCUT2D eigenvalue weighted by atomic mass is 32.2. The number of methoxy groups -OCH3 is 4. The van der Waals surface area contributed by atoms with Crippen LogP contribution in [0.15, 0.2) is 40.2 Å². The molecule has 2 aliphatic rings. The Morgan fingerprint density at radius 1 is 0.635 bits per heavy atom. The van der Waals surface area contributed by atoms with Gasteiger partial charge >= 0.3 is 0 Å². The van der Waals surface area contributed by atoms with Crippen LogP contribution in [0.25, 0.3) is 0 Å². The molecule has 2 saturated heterocycles. The quantitative estimate of drug-likeness (QED) is 0.0128. The number of hydrogen-bond acceptors (Lipinski definition) is 26. The molecule has 4 rings (SSSR count). The molecule has 23 N–H and O–H groups in total. The lowest BCUT2D eigenvalue weighted by atomic mass is 9.94. The van der Waals surface area contributed by atoms with Gasteiger partial charge in [-0.1, -0.05) is 12.1 Å². The molecule has 0 aliphatic carbocycles. The summed E-state index contributed by atoms with van der Waals surface area (Å²) in [5, 5.41) is 86.2. The molecule has 10 amide bonds. The summed E-state index contributed by atoms with van der Waals surface area (Å²) in [5.41, 5.74) is 23.3. The van der Waals surface area contributed by atoms with Gasteiger partial charge in [0, 0.05) is 49.6 Å². The number of benzene rings is 2. The van der Waals surface area contributed by atoms with Crippen molar-refractivity contribution in [2.24, 2.45) is 27.9 Å². The van der Waals surface area contributed by atoms with Gasteiger partial charge in [0.25, 0.3) is 0 Å². The number of aliphatic hydroxyl groups is 6. The van der Waals surface area contributed by atoms with E-state index in [0.29, 0.717) is 27.7 Å². The van der Waals surface area contributed by atoms with E-state index in [0.717, 1.165) is 19.4 Å². The van der Waals surface area contributed by atoms with Crippen LogP contribution < -0.4 is 89.7 Å². The SMILES string of the molecule is COc1ccc(CSc2cc(OC)c(OC)c(OC)c2CN[C@@H](C)C(=O)N[C@@H](CCC(N)=O)C(=O)N[C@@H](CC(=O)N[C@@H]2O[C@H](CO)[C@@H](O[C@@H]3O[C@H](CO)[C@@H](O)[C@H](O)[C@H]3NC(C)=O)[C@H](O)[C@H]2NC(C)=O)C(=O)N[C@@H](CCCN=C(N)N)C(=O)N[C@@H](CO)C(=O)N[C@@H](C)C(N)=O)cc1. The third-order valence-corrected chi connectivity index (χ3v) is 16.2. The lowest BCUT2D eigenvalue weighted by Gasteiger charge is -2.48. The Labute approximate surface area is 556 Å². The van der Waals surface area contributed by atoms with Gasteiger partial charge in [-0.15, -0.1) is 11.8 Å². The average Bonchev–Trinajstić information content (AvgIpc) is 0.805. The number of nitrogens with one attached hydrogen (secondary N) is 9. The molecule has 96 heavy (non-hydrogen) atoms. The minimum Gasteiger partial charge on any atom is -0.497 e. The van der Waals surface area contributed by atoms with E-state index in [1.165, 1.54) is 46.9 Å². The highest BCUT2D eigenvalue weighted by molar-refractivity contribution is 7.98. The summed E-state index contributed by atoms with van der Waals surface area (Å²) < 4.78 is 40.0. The third kappa shape index (κ3) is 23.4. The monoisotopic (exact) mass is 1380 g/mol. The number of rotatable bonds is 38. The molecule has 2 aromatic carbocycles. The van der Waals surface area contributed by atoms with Crippen molar-refractivity contribution in [3.63, 3.8) is 0 Å². The first-order valence-electron chi connectivity index (χ1n) is 30.1. The number of guanidine groups is 1. The van der Waals surface area contributed by atoms with E-state index in [2.05, 4.69) is 52.8 Å². The van der Waals surface area contributed by atoms with Crippen molar-refractivity contribution in [2.45, 2.75) is 174 Å². The molecular formula is C58H90N14O23S. The Hall–Kier alpha value is -8.44. The maximum atomic E-state index is 14.8. The van der Waals surface area contributed by atoms with Gasteiger partial charge in [0.05, 0.1) is 60.7 Å². The van der Waals surface area contributed by atoms with Gasteiger partial charge in [-0.3, -0.25) is 52.9 Å². The van der Waals surface area contributed by atoms with Crippen molar-refractivity contribution in [1.29, 1.82) is 0 Å². The van der Waals surface area contributed by atoms with Crippen LogP contribution in [0.4, 0.5) is 0 Å². The molecule has 2 aromatic rings. The van der Waals surface area contributed by atoms with E-state index in [9.17, 15) is 78.6 Å². The molecule has 536 valence electrons. The topological polar surface area (TPSA) is 581 Å². The molecule has 0 aromatic heterocycles. The number of amides is 10. The van der Waals surface area contributed by atoms with Crippen molar-refractivity contribution >= 4 is 76.8 Å². The smallest absolute Gasteiger partial charge is 0.245 e. The minimum absolute atomic E-state index is 0.0685. The number of nitrogens with zero attached hydrogens (tertiary/aromatic N) is 1. The summed E-state index contributed by atoms with van der Waals surface area (Å²) in [4.78, 5) is 139. The normalized spacial score (nSPS) is 22.5. The van der Waals surface area contributed by atoms with E-state index in [1.54, 1.807) is 25.3 Å². The minimum atomic E-state index is -2.12. The lowest BCUT2D eigenvalue weighted by Crippen LogP contribution is -2.71. The fraction of sp³-hybridized carbons (Fsp3) is 0.603. The van der Waals surface area contributed by atoms with Crippen molar-refractivity contribution in [3.05, 3.63) is 41.5 Å². The number of thioether (sulfide) groups is 1. The number of carbonyl (C=O) groups is 10. The number of aliphatic hydroxyl groups excluding tert-OH is 6. The van der Waals surface area contributed by atoms with Gasteiger partial charge in [0.15, 0.2) is 30.0 Å². The van der Waals surface area contributed by atoms with Crippen LogP contribution in [0.2, 0.25) is 0 Å². The Morgan fingerprint density at radius 3 is 1.76 bits per heavy atom. The Balaban J connectivity index is 1.74. The molecule has 2 fully saturated rings. The van der Waals surface area contributed by atoms with Crippen LogP contribution in [0, 0.1) is 0 Å². The van der Waals surface area contributed by atoms with Gasteiger partial charge in [0.2, 0.25) is 64.8 Å². The summed E-state index contributed by atoms with van der Waals surface area (Å²) in [5.74, 6) is -8.77. The first kappa shape index (κ1) is 80.0. The number of carbonyl (C=O) groups excluding carboxylic acids is 10. The van der Waals surface area contributed by atoms with E-state index in [1.807, 2.05) is 12.1 Å². The van der Waals surface area contributed by atoms with Crippen molar-refractivity contribution < 1.29 is 112 Å². The highest BCUT2D eigenvalue weighted by Gasteiger charge is 2.52. The van der Waals surface area contributed by atoms with Crippen LogP contribution in [-0.4, -0.2) is 248 Å². The summed E-state index contributed by atoms with van der Waals surface area (Å²) in [6.45, 7) is 1.58. The van der Waals surface area contributed by atoms with E-state index >= 15 is 0 Å². The average molecular weight is 1380 g/mol. The van der Waals surface area contributed by atoms with Gasteiger partial charge in [-0.2, -0.15) is 0 Å². The van der Waals surface area contributed by atoms with E-state index in [4.69, 9.17) is 56.1 Å². The van der Waals surface area contributed by atoms with Crippen molar-refractivity contribution in [2.75, 3.05) is 54.8 Å². The van der Waals surface area contributed by atoms with Crippen LogP contribution in [0.1, 0.15) is 70.9 Å². The van der Waals surface area contributed by atoms with Crippen LogP contribution in [0.5, 0.6) is 23.0 Å². The highest BCUT2D eigenvalue weighted by Crippen LogP contribution is 2.46. The zero-order valence-corrected chi connectivity index (χ0v) is 55.0. The predicted octanol–water partition coefficient (Wildman–Crippen LogP) is -7.85. The summed E-state index contributed by atoms with van der Waals surface area (Å²) >= 11 is 1.41. The second-order valence-electron chi connectivity index (χ2n) is 22.2. The third-order valence-electron chi connectivity index (χ3n) is 15.1. The molecular weight excluding hydrogens is 1290 g/mol. The number of primary amides is 2. The van der Waals surface area contributed by atoms with Crippen molar-refractivity contribution in [1.82, 2.24) is 47.9 Å². The standard InChI is InChI=1S/C58H90N14O23S/c1-25(50(60)83)65-55(88)35(21-73)71-52(85)32(10-9-17-63-58(61)62)69-54(87)34(18-41(79)72-56-42(66-27(3)76)46(82)48(38(23-75)93-56)95-57-43(67-28(4)77)45(81)44(80)37(22-74)94-57)70-53(86)33(15-16-40(59)78)68-51(84)26(2)64-20-31-39(19-36(90-6)49(92-8)47(31)91-7)96-24-29-11-13-30(89-5)14-12-29/h11-14,19,25-26,32-35,37-38,42-46,48,56-57,64,73-75,80-82H,9-10,15-18,20-24H2,1-8H3,(H2,59,78)(H2,60,83)(H,65,88)(H,66,76)(H,67,77)(H,68,84)(H,69,87)(H,70,86)(H,71,85)(H,72,79)(H4,61,62,63)/t25-,26-,32-,33-,34-,35-,37+,38+,42+,43+,44+,45+,46+,48+,56+,57-/m0/s1. The molecule has 0 radical (unpaired) electrons. The molecule has 0 bridgehead atoms. The Bertz CT molecular complexity index is 3020. The van der Waals surface area contributed by atoms with E-state index < -0.39 is 196 Å². The molecule has 16 atom stereocenters. The zero-order chi connectivity index (χ0) is 71.7. The second-order valence-corrected chi connectivity index (χ2v) is 23.2. The maximum absolute atomic E-state index is 14.8. The summed E-state index contributed by atoms with van der Waals surface area (Å²) in [6.07, 6.45) is -16.9. The Kier molecular flexibility index (Phi) is 32.5. The van der Waals surface area contributed by atoms with Crippen LogP contribution >= 0.6 is 11.8 Å². The number of ether oxygens (including phenoxy) is 7. The second kappa shape index (κ2) is 38.9. The number of hydrogen-bond donors (Lipinski definition) is 19. The zero-order valence-electron chi connectivity index (χ0n) is 54.2.